The van der Waals surface area contributed by atoms with Gasteiger partial charge in [0.2, 0.25) is 0 Å². The number of hydrogen-bond acceptors (Lipinski definition) is 5. The topological polar surface area (TPSA) is 87.5 Å². The number of carboxylic acids is 2. The summed E-state index contributed by atoms with van der Waals surface area (Å²) in [5.41, 5.74) is 1.44. The quantitative estimate of drug-likeness (QED) is 0.747. The van der Waals surface area contributed by atoms with Gasteiger partial charge in [-0.1, -0.05) is 0 Å². The SMILES string of the molecule is O=C(O)CCSc1scnc1C(=O)O. The zero-order valence-electron chi connectivity index (χ0n) is 6.97. The first-order chi connectivity index (χ1) is 6.61. The normalized spacial score (nSPS) is 10.0. The number of aromatic carboxylic acids is 1. The minimum atomic E-state index is -1.08. The van der Waals surface area contributed by atoms with E-state index in [4.69, 9.17) is 10.2 Å². The van der Waals surface area contributed by atoms with Gasteiger partial charge < -0.3 is 10.2 Å². The molecule has 1 rings (SSSR count). The van der Waals surface area contributed by atoms with Crippen LogP contribution in [0.25, 0.3) is 0 Å². The molecule has 0 spiro atoms. The lowest BCUT2D eigenvalue weighted by Crippen LogP contribution is -1.99. The molecule has 0 aromatic carbocycles. The molecule has 0 saturated heterocycles. The van der Waals surface area contributed by atoms with Crippen molar-refractivity contribution in [1.82, 2.24) is 4.98 Å². The number of nitrogens with zero attached hydrogens (tertiary/aromatic N) is 1. The molecular formula is C7H7NO4S2. The van der Waals surface area contributed by atoms with Crippen molar-refractivity contribution in [1.29, 1.82) is 0 Å². The van der Waals surface area contributed by atoms with E-state index < -0.39 is 11.9 Å². The third kappa shape index (κ3) is 3.00. The van der Waals surface area contributed by atoms with Gasteiger partial charge in [0.15, 0.2) is 5.69 Å². The van der Waals surface area contributed by atoms with Gasteiger partial charge in [-0.05, 0) is 0 Å². The zero-order chi connectivity index (χ0) is 10.6. The molecule has 0 saturated carbocycles. The van der Waals surface area contributed by atoms with E-state index in [9.17, 15) is 9.59 Å². The van der Waals surface area contributed by atoms with Crippen LogP contribution in [-0.4, -0.2) is 32.9 Å². The molecule has 2 N–H and O–H groups in total. The van der Waals surface area contributed by atoms with Crippen molar-refractivity contribution in [3.8, 4) is 0 Å². The highest BCUT2D eigenvalue weighted by atomic mass is 32.2. The van der Waals surface area contributed by atoms with Crippen molar-refractivity contribution in [2.75, 3.05) is 5.75 Å². The number of thiazole rings is 1. The summed E-state index contributed by atoms with van der Waals surface area (Å²) >= 11 is 2.41. The Morgan fingerprint density at radius 3 is 2.79 bits per heavy atom. The number of aromatic nitrogens is 1. The fourth-order valence-corrected chi connectivity index (χ4v) is 2.61. The lowest BCUT2D eigenvalue weighted by atomic mass is 10.5. The van der Waals surface area contributed by atoms with Gasteiger partial charge in [-0.15, -0.1) is 23.1 Å². The highest BCUT2D eigenvalue weighted by molar-refractivity contribution is 8.01. The number of thioether (sulfide) groups is 1. The zero-order valence-corrected chi connectivity index (χ0v) is 8.60. The van der Waals surface area contributed by atoms with Gasteiger partial charge in [-0.3, -0.25) is 4.79 Å². The van der Waals surface area contributed by atoms with Crippen molar-refractivity contribution in [3.63, 3.8) is 0 Å². The van der Waals surface area contributed by atoms with Crippen molar-refractivity contribution in [3.05, 3.63) is 11.2 Å². The maximum atomic E-state index is 10.6. The molecule has 0 aliphatic heterocycles. The average molecular weight is 233 g/mol. The summed E-state index contributed by atoms with van der Waals surface area (Å²) in [5, 5.41) is 17.1. The monoisotopic (exact) mass is 233 g/mol. The fourth-order valence-electron chi connectivity index (χ4n) is 0.711. The average Bonchev–Trinajstić information content (AvgIpc) is 2.51. The number of carbonyl (C=O) groups is 2. The molecule has 76 valence electrons. The molecule has 0 bridgehead atoms. The van der Waals surface area contributed by atoms with Gasteiger partial charge >= 0.3 is 11.9 Å². The Morgan fingerprint density at radius 1 is 1.50 bits per heavy atom. The van der Waals surface area contributed by atoms with Gasteiger partial charge in [0.05, 0.1) is 16.1 Å². The predicted octanol–water partition coefficient (Wildman–Crippen LogP) is 1.41. The number of hydrogen-bond donors (Lipinski definition) is 2. The Balaban J connectivity index is 2.54. The molecular weight excluding hydrogens is 226 g/mol. The molecule has 0 radical (unpaired) electrons. The fraction of sp³-hybridized carbons (Fsp3) is 0.286. The summed E-state index contributed by atoms with van der Waals surface area (Å²) in [6.45, 7) is 0. The van der Waals surface area contributed by atoms with Crippen LogP contribution >= 0.6 is 23.1 Å². The highest BCUT2D eigenvalue weighted by Crippen LogP contribution is 2.27. The van der Waals surface area contributed by atoms with Gasteiger partial charge in [0.1, 0.15) is 0 Å². The summed E-state index contributed by atoms with van der Waals surface area (Å²) in [6.07, 6.45) is 0.0155. The van der Waals surface area contributed by atoms with Crippen LogP contribution in [0.2, 0.25) is 0 Å². The van der Waals surface area contributed by atoms with Crippen LogP contribution in [0.4, 0.5) is 0 Å². The van der Waals surface area contributed by atoms with E-state index in [0.29, 0.717) is 9.96 Å². The van der Waals surface area contributed by atoms with Crippen LogP contribution in [0.1, 0.15) is 16.9 Å². The van der Waals surface area contributed by atoms with Crippen LogP contribution in [0.5, 0.6) is 0 Å². The standard InChI is InChI=1S/C7H7NO4S2/c9-4(10)1-2-13-7-5(6(11)12)8-3-14-7/h3H,1-2H2,(H,9,10)(H,11,12). The first kappa shape index (κ1) is 11.0. The minimum absolute atomic E-state index is 0.00499. The molecule has 0 atom stereocenters. The van der Waals surface area contributed by atoms with Gasteiger partial charge in [-0.25, -0.2) is 9.78 Å². The molecule has 0 amide bonds. The number of carboxylic acid groups (broad SMARTS) is 2. The third-order valence-corrected chi connectivity index (χ3v) is 3.41. The van der Waals surface area contributed by atoms with Crippen LogP contribution in [0, 0.1) is 0 Å². The summed E-state index contributed by atoms with van der Waals surface area (Å²) in [6, 6.07) is 0. The summed E-state index contributed by atoms with van der Waals surface area (Å²) < 4.78 is 0.554. The molecule has 1 aromatic heterocycles. The van der Waals surface area contributed by atoms with Crippen molar-refractivity contribution < 1.29 is 19.8 Å². The Bertz CT molecular complexity index is 349. The highest BCUT2D eigenvalue weighted by Gasteiger charge is 2.13. The third-order valence-electron chi connectivity index (χ3n) is 1.29. The Labute approximate surface area is 87.8 Å². The van der Waals surface area contributed by atoms with E-state index in [1.807, 2.05) is 0 Å². The van der Waals surface area contributed by atoms with E-state index in [2.05, 4.69) is 4.98 Å². The van der Waals surface area contributed by atoms with E-state index in [1.54, 1.807) is 0 Å². The van der Waals surface area contributed by atoms with Crippen LogP contribution < -0.4 is 0 Å². The number of aliphatic carboxylic acids is 1. The lowest BCUT2D eigenvalue weighted by molar-refractivity contribution is -0.136. The first-order valence-corrected chi connectivity index (χ1v) is 5.49. The minimum Gasteiger partial charge on any atom is -0.481 e. The van der Waals surface area contributed by atoms with Gasteiger partial charge in [0, 0.05) is 5.75 Å². The Morgan fingerprint density at radius 2 is 2.21 bits per heavy atom. The molecule has 1 heterocycles. The van der Waals surface area contributed by atoms with Gasteiger partial charge in [-0.2, -0.15) is 0 Å². The first-order valence-electron chi connectivity index (χ1n) is 3.62. The number of rotatable bonds is 5. The molecule has 0 aliphatic carbocycles. The second kappa shape index (κ2) is 4.97. The van der Waals surface area contributed by atoms with E-state index in [-0.39, 0.29) is 12.1 Å². The largest absolute Gasteiger partial charge is 0.481 e. The summed E-state index contributed by atoms with van der Waals surface area (Å²) in [5.74, 6) is -1.61. The Hall–Kier alpha value is -1.08. The summed E-state index contributed by atoms with van der Waals surface area (Å²) in [4.78, 5) is 24.5. The van der Waals surface area contributed by atoms with Crippen LogP contribution in [0.3, 0.4) is 0 Å². The second-order valence-electron chi connectivity index (χ2n) is 2.29. The van der Waals surface area contributed by atoms with Crippen LogP contribution in [0.15, 0.2) is 9.72 Å². The predicted molar refractivity (Wildman–Crippen MR) is 52.1 cm³/mol. The molecule has 0 fully saturated rings. The molecule has 7 heteroatoms. The van der Waals surface area contributed by atoms with Crippen molar-refractivity contribution in [2.24, 2.45) is 0 Å². The Kier molecular flexibility index (Phi) is 3.90. The lowest BCUT2D eigenvalue weighted by Gasteiger charge is -1.96. The smallest absolute Gasteiger partial charge is 0.356 e. The molecule has 14 heavy (non-hydrogen) atoms. The maximum Gasteiger partial charge on any atom is 0.356 e. The molecule has 0 unspecified atom stereocenters. The molecule has 0 aliphatic rings. The van der Waals surface area contributed by atoms with Gasteiger partial charge in [0.25, 0.3) is 0 Å². The maximum absolute atomic E-state index is 10.6. The summed E-state index contributed by atoms with van der Waals surface area (Å²) in [7, 11) is 0. The van der Waals surface area contributed by atoms with Crippen molar-refractivity contribution in [2.45, 2.75) is 10.6 Å². The van der Waals surface area contributed by atoms with E-state index in [0.717, 1.165) is 0 Å². The molecule has 5 nitrogen and oxygen atoms in total. The van der Waals surface area contributed by atoms with E-state index in [1.165, 1.54) is 28.6 Å². The second-order valence-corrected chi connectivity index (χ2v) is 4.50. The van der Waals surface area contributed by atoms with Crippen molar-refractivity contribution >= 4 is 35.0 Å². The van der Waals surface area contributed by atoms with Crippen LogP contribution in [-0.2, 0) is 4.79 Å². The van der Waals surface area contributed by atoms with E-state index >= 15 is 0 Å². The molecule has 1 aromatic rings.